The van der Waals surface area contributed by atoms with Crippen molar-refractivity contribution in [2.75, 3.05) is 35.2 Å². The van der Waals surface area contributed by atoms with Crippen LogP contribution < -0.4 is 22.1 Å². The zero-order valence-corrected chi connectivity index (χ0v) is 19.4. The van der Waals surface area contributed by atoms with Gasteiger partial charge in [0.2, 0.25) is 0 Å². The van der Waals surface area contributed by atoms with E-state index in [1.54, 1.807) is 29.6 Å². The molecular formula is C22H26N4O5S2. The minimum absolute atomic E-state index is 0.0346. The average Bonchev–Trinajstić information content (AvgIpc) is 2.79. The Balaban J connectivity index is 1.94. The van der Waals surface area contributed by atoms with Crippen LogP contribution in [0.15, 0.2) is 28.0 Å². The van der Waals surface area contributed by atoms with E-state index in [1.165, 1.54) is 0 Å². The number of hydrogen-bond donors (Lipinski definition) is 7. The van der Waals surface area contributed by atoms with E-state index in [4.69, 9.17) is 11.5 Å². The molecule has 0 radical (unpaired) electrons. The predicted molar refractivity (Wildman–Crippen MR) is 131 cm³/mol. The Morgan fingerprint density at radius 3 is 2.27 bits per heavy atom. The first-order chi connectivity index (χ1) is 15.8. The van der Waals surface area contributed by atoms with Crippen LogP contribution in [0.2, 0.25) is 0 Å². The normalized spacial score (nSPS) is 16.5. The third-order valence-electron chi connectivity index (χ3n) is 5.62. The maximum absolute atomic E-state index is 11.5. The molecule has 2 aromatic carbocycles. The van der Waals surface area contributed by atoms with Gasteiger partial charge in [0.25, 0.3) is 0 Å². The number of phenols is 1. The number of nitrogens with one attached hydrogen (secondary N) is 2. The molecule has 4 rings (SSSR count). The summed E-state index contributed by atoms with van der Waals surface area (Å²) in [4.78, 5) is 24.7. The quantitative estimate of drug-likeness (QED) is 0.283. The van der Waals surface area contributed by atoms with Crippen LogP contribution in [0, 0.1) is 0 Å². The Hall–Kier alpha value is -2.60. The molecule has 0 bridgehead atoms. The van der Waals surface area contributed by atoms with Crippen LogP contribution in [-0.2, 0) is 22.4 Å². The number of carboxylic acid groups (broad SMARTS) is 2. The summed E-state index contributed by atoms with van der Waals surface area (Å²) in [6, 6.07) is 3.28. The minimum atomic E-state index is -1.13. The molecule has 0 amide bonds. The van der Waals surface area contributed by atoms with Crippen LogP contribution in [0.1, 0.15) is 11.1 Å². The maximum atomic E-state index is 11.5. The molecule has 0 aromatic heterocycles. The number of benzene rings is 2. The first-order valence-corrected chi connectivity index (χ1v) is 12.5. The molecule has 9 N–H and O–H groups in total. The molecule has 2 aliphatic rings. The lowest BCUT2D eigenvalue weighted by molar-refractivity contribution is -0.139. The molecule has 2 atom stereocenters. The molecule has 0 saturated heterocycles. The second-order valence-corrected chi connectivity index (χ2v) is 10.2. The van der Waals surface area contributed by atoms with Crippen molar-refractivity contribution in [3.05, 3.63) is 29.3 Å². The zero-order chi connectivity index (χ0) is 23.7. The maximum Gasteiger partial charge on any atom is 0.320 e. The Kier molecular flexibility index (Phi) is 6.94. The molecule has 11 heteroatoms. The number of phenolic OH excluding ortho intramolecular Hbond substituents is 1. The molecule has 0 saturated carbocycles. The van der Waals surface area contributed by atoms with Crippen molar-refractivity contribution in [3.63, 3.8) is 0 Å². The number of thioether (sulfide) groups is 2. The van der Waals surface area contributed by atoms with E-state index < -0.39 is 24.0 Å². The number of nitrogens with two attached hydrogens (primary N) is 2. The standard InChI is InChI=1S/C22H26N4O5S2/c23-13(21(28)29)6-10-5-12(18-16(7-10)32-3-1-25-18)17-11(8-14(24)22(30)31)9-15(27)19-20(17)33-4-2-26-19/h5,7,9,13-14,25-27H,1-4,6,8,23-24H2,(H,28,29)(H,30,31)/t13-,14-/m0/s1. The lowest BCUT2D eigenvalue weighted by Gasteiger charge is -2.28. The summed E-state index contributed by atoms with van der Waals surface area (Å²) in [6.07, 6.45) is 0.193. The van der Waals surface area contributed by atoms with Gasteiger partial charge in [0.1, 0.15) is 17.8 Å². The third-order valence-corrected chi connectivity index (χ3v) is 7.76. The Morgan fingerprint density at radius 2 is 1.58 bits per heavy atom. The molecule has 0 aliphatic carbocycles. The smallest absolute Gasteiger partial charge is 0.320 e. The van der Waals surface area contributed by atoms with E-state index in [-0.39, 0.29) is 18.6 Å². The van der Waals surface area contributed by atoms with E-state index >= 15 is 0 Å². The average molecular weight is 491 g/mol. The molecule has 2 heterocycles. The summed E-state index contributed by atoms with van der Waals surface area (Å²) in [7, 11) is 0. The number of hydrogen-bond acceptors (Lipinski definition) is 9. The SMILES string of the molecule is N[C@@H](Cc1cc2c(c(-c3c(C[C@H](N)C(=O)O)cc(O)c4c3SCCN4)c1)NCCS2)C(=O)O. The minimum Gasteiger partial charge on any atom is -0.506 e. The van der Waals surface area contributed by atoms with Gasteiger partial charge in [-0.3, -0.25) is 9.59 Å². The van der Waals surface area contributed by atoms with Crippen LogP contribution in [0.4, 0.5) is 11.4 Å². The van der Waals surface area contributed by atoms with Gasteiger partial charge in [-0.1, -0.05) is 0 Å². The Morgan fingerprint density at radius 1 is 0.939 bits per heavy atom. The van der Waals surface area contributed by atoms with Crippen molar-refractivity contribution in [1.29, 1.82) is 0 Å². The van der Waals surface area contributed by atoms with Crippen molar-refractivity contribution in [1.82, 2.24) is 0 Å². The second-order valence-electron chi connectivity index (χ2n) is 8.00. The van der Waals surface area contributed by atoms with Crippen molar-refractivity contribution in [2.24, 2.45) is 11.5 Å². The highest BCUT2D eigenvalue weighted by atomic mass is 32.2. The predicted octanol–water partition coefficient (Wildman–Crippen LogP) is 2.00. The molecule has 176 valence electrons. The molecule has 33 heavy (non-hydrogen) atoms. The van der Waals surface area contributed by atoms with Gasteiger partial charge in [-0.2, -0.15) is 0 Å². The fraction of sp³-hybridized carbons (Fsp3) is 0.364. The third kappa shape index (κ3) is 4.86. The first-order valence-electron chi connectivity index (χ1n) is 10.5. The number of aromatic hydroxyl groups is 1. The van der Waals surface area contributed by atoms with Gasteiger partial charge in [0, 0.05) is 45.5 Å². The van der Waals surface area contributed by atoms with Crippen LogP contribution in [0.5, 0.6) is 5.75 Å². The van der Waals surface area contributed by atoms with E-state index in [9.17, 15) is 24.9 Å². The number of carbonyl (C=O) groups is 2. The summed E-state index contributed by atoms with van der Waals surface area (Å²) < 4.78 is 0. The van der Waals surface area contributed by atoms with E-state index in [0.717, 1.165) is 50.2 Å². The first kappa shape index (κ1) is 23.6. The van der Waals surface area contributed by atoms with Crippen LogP contribution in [-0.4, -0.2) is 63.9 Å². The molecule has 9 nitrogen and oxygen atoms in total. The van der Waals surface area contributed by atoms with Crippen LogP contribution >= 0.6 is 23.5 Å². The van der Waals surface area contributed by atoms with Gasteiger partial charge in [0.05, 0.1) is 11.4 Å². The Bertz CT molecular complexity index is 1110. The number of fused-ring (bicyclic) bond motifs is 2. The molecule has 0 fully saturated rings. The highest BCUT2D eigenvalue weighted by molar-refractivity contribution is 7.99. The van der Waals surface area contributed by atoms with E-state index in [2.05, 4.69) is 10.6 Å². The second kappa shape index (κ2) is 9.72. The van der Waals surface area contributed by atoms with Crippen LogP contribution in [0.3, 0.4) is 0 Å². The number of rotatable bonds is 7. The van der Waals surface area contributed by atoms with Gasteiger partial charge < -0.3 is 37.4 Å². The van der Waals surface area contributed by atoms with Crippen molar-refractivity contribution in [3.8, 4) is 16.9 Å². The summed E-state index contributed by atoms with van der Waals surface area (Å²) in [5, 5.41) is 36.1. The lowest BCUT2D eigenvalue weighted by atomic mass is 9.90. The summed E-state index contributed by atoms with van der Waals surface area (Å²) in [5.74, 6) is -0.506. The van der Waals surface area contributed by atoms with Gasteiger partial charge in [-0.25, -0.2) is 0 Å². The lowest BCUT2D eigenvalue weighted by Crippen LogP contribution is -2.32. The van der Waals surface area contributed by atoms with Gasteiger partial charge in [0.15, 0.2) is 0 Å². The molecule has 0 unspecified atom stereocenters. The van der Waals surface area contributed by atoms with Crippen molar-refractivity contribution >= 4 is 46.8 Å². The fourth-order valence-electron chi connectivity index (χ4n) is 4.08. The van der Waals surface area contributed by atoms with E-state index in [0.29, 0.717) is 17.8 Å². The molecule has 2 aromatic rings. The molecular weight excluding hydrogens is 464 g/mol. The molecule has 2 aliphatic heterocycles. The monoisotopic (exact) mass is 490 g/mol. The van der Waals surface area contributed by atoms with Crippen molar-refractivity contribution in [2.45, 2.75) is 34.7 Å². The zero-order valence-electron chi connectivity index (χ0n) is 17.8. The summed E-state index contributed by atoms with van der Waals surface area (Å²) in [6.45, 7) is 1.45. The van der Waals surface area contributed by atoms with Crippen LogP contribution in [0.25, 0.3) is 11.1 Å². The van der Waals surface area contributed by atoms with Gasteiger partial charge >= 0.3 is 11.9 Å². The summed E-state index contributed by atoms with van der Waals surface area (Å²) >= 11 is 3.26. The Labute approximate surface area is 199 Å². The highest BCUT2D eigenvalue weighted by Crippen LogP contribution is 2.50. The highest BCUT2D eigenvalue weighted by Gasteiger charge is 2.28. The number of carboxylic acids is 2. The molecule has 0 spiro atoms. The largest absolute Gasteiger partial charge is 0.506 e. The topological polar surface area (TPSA) is 171 Å². The van der Waals surface area contributed by atoms with Crippen molar-refractivity contribution < 1.29 is 24.9 Å². The number of aliphatic carboxylic acids is 2. The number of anilines is 2. The van der Waals surface area contributed by atoms with Gasteiger partial charge in [-0.15, -0.1) is 23.5 Å². The van der Waals surface area contributed by atoms with E-state index in [1.807, 2.05) is 12.1 Å². The van der Waals surface area contributed by atoms with Gasteiger partial charge in [-0.05, 0) is 42.2 Å². The fourth-order valence-corrected chi connectivity index (χ4v) is 6.18. The summed E-state index contributed by atoms with van der Waals surface area (Å²) in [5.41, 5.74) is 16.2.